The molecule has 0 rings (SSSR count). The van der Waals surface area contributed by atoms with Crippen LogP contribution in [-0.4, -0.2) is 23.0 Å². The van der Waals surface area contributed by atoms with Gasteiger partial charge in [0.15, 0.2) is 0 Å². The van der Waals surface area contributed by atoms with E-state index < -0.39 is 0 Å². The Bertz CT molecular complexity index is 6.00. The molecule has 0 aromatic rings. The molecule has 3 radical (unpaired) electrons. The zero-order valence-electron chi connectivity index (χ0n) is 2.73. The van der Waals surface area contributed by atoms with E-state index in [2.05, 4.69) is 4.87 Å². The van der Waals surface area contributed by atoms with Gasteiger partial charge in [-0.15, -0.1) is 0 Å². The Kier molecular flexibility index (Phi) is 96.8. The van der Waals surface area contributed by atoms with Crippen LogP contribution in [0.4, 0.5) is 0 Å². The molecule has 4 heavy (non-hydrogen) atoms. The van der Waals surface area contributed by atoms with Gasteiger partial charge in [0.25, 0.3) is 0 Å². The van der Waals surface area contributed by atoms with Gasteiger partial charge in [-0.25, -0.2) is 0 Å². The van der Waals surface area contributed by atoms with Gasteiger partial charge in [-0.05, 0) is 0 Å². The molecule has 2 heteroatoms. The fraction of sp³-hybridized carbons (Fsp3) is 0. The molecule has 0 aliphatic carbocycles. The Balaban J connectivity index is -0.00000000500. The molecule has 0 saturated heterocycles. The maximum atomic E-state index is 3.30. The number of hydrogen-bond donors (Lipinski definition) is 0. The first kappa shape index (κ1) is 17.3. The summed E-state index contributed by atoms with van der Waals surface area (Å²) in [6.07, 6.45) is 0. The molecule has 0 heterocycles. The standard InChI is InChI=1S/CH3.CH2.Sb.Sc/h1H3;1H2;;/q2*-1;;. The monoisotopic (exact) mass is 195 g/mol. The Morgan fingerprint density at radius 3 is 1.25 bits per heavy atom. The van der Waals surface area contributed by atoms with Crippen molar-refractivity contribution in [1.82, 2.24) is 0 Å². The second kappa shape index (κ2) is 22.4. The molecule has 0 amide bonds. The minimum Gasteiger partial charge on any atom is -0.358 e. The quantitative estimate of drug-likeness (QED) is 0.388. The Labute approximate surface area is 60.6 Å². The van der Waals surface area contributed by atoms with Crippen LogP contribution in [0.25, 0.3) is 0 Å². The van der Waals surface area contributed by atoms with Crippen molar-refractivity contribution in [2.45, 2.75) is 0 Å². The van der Waals surface area contributed by atoms with Crippen LogP contribution in [0.1, 0.15) is 0 Å². The largest absolute Gasteiger partial charge is 0.358 e. The summed E-state index contributed by atoms with van der Waals surface area (Å²) >= 11 is 1.50. The van der Waals surface area contributed by atoms with E-state index in [-0.39, 0.29) is 33.3 Å². The van der Waals surface area contributed by atoms with Crippen LogP contribution < -0.4 is 0 Å². The average Bonchev–Trinajstić information content (AvgIpc) is 1.00. The maximum Gasteiger partial charge on any atom is 0 e. The normalized spacial score (nSPS) is 1.50. The number of hydrogen-bond acceptors (Lipinski definition) is 0. The van der Waals surface area contributed by atoms with Gasteiger partial charge >= 0.3 is 27.9 Å². The second-order valence-electron chi connectivity index (χ2n) is 0. The van der Waals surface area contributed by atoms with E-state index in [1.54, 1.807) is 0 Å². The summed E-state index contributed by atoms with van der Waals surface area (Å²) in [6.45, 7) is 0. The van der Waals surface area contributed by atoms with E-state index in [1.165, 1.54) is 23.0 Å². The molecule has 0 unspecified atom stereocenters. The van der Waals surface area contributed by atoms with Crippen molar-refractivity contribution in [3.8, 4) is 0 Å². The van der Waals surface area contributed by atoms with Crippen LogP contribution in [0.3, 0.4) is 0 Å². The van der Waals surface area contributed by atoms with E-state index in [0.29, 0.717) is 0 Å². The van der Waals surface area contributed by atoms with Gasteiger partial charge in [0.2, 0.25) is 0 Å². The molecule has 0 spiro atoms. The molecule has 0 aromatic heterocycles. The summed E-state index contributed by atoms with van der Waals surface area (Å²) in [5.74, 6) is 0. The summed E-state index contributed by atoms with van der Waals surface area (Å²) in [4.78, 5) is 3.30. The van der Waals surface area contributed by atoms with Crippen molar-refractivity contribution >= 4 is 23.0 Å². The molecule has 0 bridgehead atoms. The molecule has 0 N–H and O–H groups in total. The van der Waals surface area contributed by atoms with E-state index in [4.69, 9.17) is 0 Å². The van der Waals surface area contributed by atoms with Crippen molar-refractivity contribution in [2.75, 3.05) is 0 Å². The fourth-order valence-corrected chi connectivity index (χ4v) is 0. The molecular formula is C2H5SbSc-2. The van der Waals surface area contributed by atoms with Crippen LogP contribution in [-0.2, 0) is 25.8 Å². The van der Waals surface area contributed by atoms with Crippen LogP contribution in [0, 0.1) is 12.3 Å². The van der Waals surface area contributed by atoms with Gasteiger partial charge in [0, 0.05) is 25.8 Å². The van der Waals surface area contributed by atoms with Crippen LogP contribution in [0.2, 0.25) is 0 Å². The summed E-state index contributed by atoms with van der Waals surface area (Å²) in [7, 11) is 0. The zero-order valence-corrected chi connectivity index (χ0v) is 7.09. The van der Waals surface area contributed by atoms with E-state index >= 15 is 0 Å². The summed E-state index contributed by atoms with van der Waals surface area (Å²) in [6, 6.07) is 0. The summed E-state index contributed by atoms with van der Waals surface area (Å²) in [5, 5.41) is 0. The third-order valence-electron chi connectivity index (χ3n) is 0. The Morgan fingerprint density at radius 1 is 1.25 bits per heavy atom. The number of rotatable bonds is 0. The predicted octanol–water partition coefficient (Wildman–Crippen LogP) is 0.394. The molecule has 0 aromatic carbocycles. The minimum atomic E-state index is 0. The van der Waals surface area contributed by atoms with E-state index in [1.807, 2.05) is 0 Å². The molecule has 0 aliphatic rings. The van der Waals surface area contributed by atoms with Gasteiger partial charge < -0.3 is 7.43 Å². The molecule has 0 nitrogen and oxygen atoms in total. The molecule has 0 fully saturated rings. The van der Waals surface area contributed by atoms with Crippen molar-refractivity contribution in [2.24, 2.45) is 0 Å². The van der Waals surface area contributed by atoms with Crippen molar-refractivity contribution < 1.29 is 25.8 Å². The molecular weight excluding hydrogens is 191 g/mol. The first-order valence-corrected chi connectivity index (χ1v) is 2.12. The van der Waals surface area contributed by atoms with Crippen LogP contribution in [0.5, 0.6) is 0 Å². The summed E-state index contributed by atoms with van der Waals surface area (Å²) in [5.41, 5.74) is 0. The van der Waals surface area contributed by atoms with Gasteiger partial charge in [-0.3, -0.25) is 0 Å². The van der Waals surface area contributed by atoms with Crippen LogP contribution >= 0.6 is 0 Å². The van der Waals surface area contributed by atoms with E-state index in [0.717, 1.165) is 0 Å². The topological polar surface area (TPSA) is 0 Å². The van der Waals surface area contributed by atoms with Gasteiger partial charge in [0.1, 0.15) is 0 Å². The van der Waals surface area contributed by atoms with Crippen molar-refractivity contribution in [3.63, 3.8) is 0 Å². The predicted molar refractivity (Wildman–Crippen MR) is 17.5 cm³/mol. The molecule has 0 atom stereocenters. The molecule has 23 valence electrons. The van der Waals surface area contributed by atoms with Gasteiger partial charge in [-0.1, -0.05) is 0 Å². The Hall–Kier alpha value is 1.69. The molecule has 0 aliphatic heterocycles. The first-order valence-electron chi connectivity index (χ1n) is 0.316. The SMILES string of the molecule is [CH2-][Sb].[CH3-].[Sc]. The zero-order chi connectivity index (χ0) is 2.00. The first-order chi connectivity index (χ1) is 1.00. The fourth-order valence-electron chi connectivity index (χ4n) is 0. The minimum absolute atomic E-state index is 0. The third kappa shape index (κ3) is 9.35. The summed E-state index contributed by atoms with van der Waals surface area (Å²) < 4.78 is 0. The van der Waals surface area contributed by atoms with Gasteiger partial charge in [0.05, 0.1) is 0 Å². The second-order valence-corrected chi connectivity index (χ2v) is 0. The Morgan fingerprint density at radius 2 is 1.25 bits per heavy atom. The van der Waals surface area contributed by atoms with Crippen molar-refractivity contribution in [1.29, 1.82) is 0 Å². The van der Waals surface area contributed by atoms with Crippen molar-refractivity contribution in [3.05, 3.63) is 12.3 Å². The molecule has 0 saturated carbocycles. The van der Waals surface area contributed by atoms with Gasteiger partial charge in [-0.2, -0.15) is 0 Å². The smallest absolute Gasteiger partial charge is 0 e. The third-order valence-corrected chi connectivity index (χ3v) is 0. The average molecular weight is 196 g/mol. The van der Waals surface area contributed by atoms with E-state index in [9.17, 15) is 0 Å². The van der Waals surface area contributed by atoms with Crippen LogP contribution in [0.15, 0.2) is 0 Å². The maximum absolute atomic E-state index is 3.30.